The van der Waals surface area contributed by atoms with E-state index in [9.17, 15) is 9.59 Å². The third kappa shape index (κ3) is 4.86. The zero-order chi connectivity index (χ0) is 14.4. The summed E-state index contributed by atoms with van der Waals surface area (Å²) in [4.78, 5) is 23.2. The SMILES string of the molecule is CCCCC(CN)NC(=O)c1cc(C(N)=O)cn1C.Cl. The van der Waals surface area contributed by atoms with Crippen LogP contribution in [0.4, 0.5) is 0 Å². The molecule has 2 amide bonds. The molecule has 0 saturated carbocycles. The predicted octanol–water partition coefficient (Wildman–Crippen LogP) is 0.793. The van der Waals surface area contributed by atoms with Gasteiger partial charge in [0.05, 0.1) is 5.56 Å². The first-order valence-electron chi connectivity index (χ1n) is 6.46. The number of rotatable bonds is 7. The van der Waals surface area contributed by atoms with Crippen LogP contribution in [0, 0.1) is 0 Å². The number of amides is 2. The van der Waals surface area contributed by atoms with Crippen LogP contribution in [0.2, 0.25) is 0 Å². The largest absolute Gasteiger partial charge is 0.366 e. The van der Waals surface area contributed by atoms with E-state index in [2.05, 4.69) is 12.2 Å². The highest BCUT2D eigenvalue weighted by Crippen LogP contribution is 2.08. The molecule has 0 radical (unpaired) electrons. The highest BCUT2D eigenvalue weighted by molar-refractivity contribution is 5.98. The minimum Gasteiger partial charge on any atom is -0.366 e. The van der Waals surface area contributed by atoms with Crippen molar-refractivity contribution < 1.29 is 9.59 Å². The van der Waals surface area contributed by atoms with Crippen LogP contribution in [0.5, 0.6) is 0 Å². The number of nitrogens with two attached hydrogens (primary N) is 2. The van der Waals surface area contributed by atoms with E-state index in [0.29, 0.717) is 17.8 Å². The Hall–Kier alpha value is -1.53. The molecule has 0 aliphatic carbocycles. The molecule has 0 spiro atoms. The summed E-state index contributed by atoms with van der Waals surface area (Å²) in [7, 11) is 1.70. The van der Waals surface area contributed by atoms with Gasteiger partial charge in [-0.25, -0.2) is 0 Å². The molecule has 1 aromatic rings. The molecular weight excluding hydrogens is 280 g/mol. The maximum atomic E-state index is 12.1. The van der Waals surface area contributed by atoms with Crippen LogP contribution in [0.3, 0.4) is 0 Å². The van der Waals surface area contributed by atoms with Gasteiger partial charge in [-0.2, -0.15) is 0 Å². The molecule has 1 heterocycles. The normalized spacial score (nSPS) is 11.6. The van der Waals surface area contributed by atoms with E-state index < -0.39 is 5.91 Å². The Labute approximate surface area is 125 Å². The molecule has 0 aliphatic heterocycles. The van der Waals surface area contributed by atoms with Gasteiger partial charge in [-0.1, -0.05) is 19.8 Å². The standard InChI is InChI=1S/C13H22N4O2.ClH/c1-3-4-5-10(7-14)16-13(19)11-6-9(12(15)18)8-17(11)2;/h6,8,10H,3-5,7,14H2,1-2H3,(H2,15,18)(H,16,19);1H. The van der Waals surface area contributed by atoms with Crippen LogP contribution < -0.4 is 16.8 Å². The summed E-state index contributed by atoms with van der Waals surface area (Å²) in [6.45, 7) is 2.49. The minimum atomic E-state index is -0.545. The molecule has 0 saturated heterocycles. The number of aryl methyl sites for hydroxylation is 1. The average molecular weight is 303 g/mol. The zero-order valence-corrected chi connectivity index (χ0v) is 12.7. The molecular formula is C13H23ClN4O2. The van der Waals surface area contributed by atoms with E-state index >= 15 is 0 Å². The number of primary amides is 1. The number of carbonyl (C=O) groups excluding carboxylic acids is 2. The van der Waals surface area contributed by atoms with Crippen molar-refractivity contribution in [2.45, 2.75) is 32.2 Å². The lowest BCUT2D eigenvalue weighted by Gasteiger charge is -2.16. The van der Waals surface area contributed by atoms with Gasteiger partial charge in [0.2, 0.25) is 5.91 Å². The van der Waals surface area contributed by atoms with E-state index in [1.165, 1.54) is 6.07 Å². The zero-order valence-electron chi connectivity index (χ0n) is 11.9. The molecule has 1 aromatic heterocycles. The van der Waals surface area contributed by atoms with Gasteiger partial charge in [0.15, 0.2) is 0 Å². The highest BCUT2D eigenvalue weighted by Gasteiger charge is 2.17. The third-order valence-electron chi connectivity index (χ3n) is 3.05. The van der Waals surface area contributed by atoms with Crippen molar-refractivity contribution >= 4 is 24.2 Å². The number of halogens is 1. The molecule has 6 nitrogen and oxygen atoms in total. The van der Waals surface area contributed by atoms with Crippen molar-refractivity contribution in [1.82, 2.24) is 9.88 Å². The van der Waals surface area contributed by atoms with Gasteiger partial charge < -0.3 is 21.4 Å². The smallest absolute Gasteiger partial charge is 0.268 e. The van der Waals surface area contributed by atoms with Crippen LogP contribution >= 0.6 is 12.4 Å². The number of unbranched alkanes of at least 4 members (excludes halogenated alkanes) is 1. The lowest BCUT2D eigenvalue weighted by atomic mass is 10.1. The number of carbonyl (C=O) groups is 2. The fourth-order valence-corrected chi connectivity index (χ4v) is 1.88. The topological polar surface area (TPSA) is 103 Å². The predicted molar refractivity (Wildman–Crippen MR) is 81.0 cm³/mol. The van der Waals surface area contributed by atoms with Gasteiger partial charge in [0.1, 0.15) is 5.69 Å². The second-order valence-electron chi connectivity index (χ2n) is 4.64. The monoisotopic (exact) mass is 302 g/mol. The first-order valence-corrected chi connectivity index (χ1v) is 6.46. The fourth-order valence-electron chi connectivity index (χ4n) is 1.88. The van der Waals surface area contributed by atoms with E-state index in [0.717, 1.165) is 19.3 Å². The quantitative estimate of drug-likeness (QED) is 0.694. The van der Waals surface area contributed by atoms with Gasteiger partial charge in [0, 0.05) is 25.8 Å². The molecule has 1 atom stereocenters. The Morgan fingerprint density at radius 2 is 2.10 bits per heavy atom. The Bertz CT molecular complexity index is 459. The molecule has 114 valence electrons. The summed E-state index contributed by atoms with van der Waals surface area (Å²) in [6, 6.07) is 1.45. The summed E-state index contributed by atoms with van der Waals surface area (Å²) in [5.74, 6) is -0.780. The molecule has 1 unspecified atom stereocenters. The van der Waals surface area contributed by atoms with Crippen LogP contribution in [0.25, 0.3) is 0 Å². The summed E-state index contributed by atoms with van der Waals surface area (Å²) in [6.07, 6.45) is 4.47. The van der Waals surface area contributed by atoms with Crippen LogP contribution in [0.1, 0.15) is 47.0 Å². The van der Waals surface area contributed by atoms with Crippen molar-refractivity contribution in [2.75, 3.05) is 6.54 Å². The maximum Gasteiger partial charge on any atom is 0.268 e. The molecule has 0 bridgehead atoms. The number of nitrogens with zero attached hydrogens (tertiary/aromatic N) is 1. The summed E-state index contributed by atoms with van der Waals surface area (Å²) in [5.41, 5.74) is 11.6. The number of hydrogen-bond donors (Lipinski definition) is 3. The molecule has 20 heavy (non-hydrogen) atoms. The second kappa shape index (κ2) is 8.60. The van der Waals surface area contributed by atoms with Crippen LogP contribution in [-0.4, -0.2) is 29.0 Å². The summed E-state index contributed by atoms with van der Waals surface area (Å²) >= 11 is 0. The summed E-state index contributed by atoms with van der Waals surface area (Å²) < 4.78 is 1.59. The van der Waals surface area contributed by atoms with Crippen molar-refractivity contribution in [2.24, 2.45) is 18.5 Å². The van der Waals surface area contributed by atoms with Gasteiger partial charge in [-0.3, -0.25) is 9.59 Å². The number of nitrogens with one attached hydrogen (secondary N) is 1. The first kappa shape index (κ1) is 18.5. The van der Waals surface area contributed by atoms with Gasteiger partial charge in [0.25, 0.3) is 5.91 Å². The average Bonchev–Trinajstić information content (AvgIpc) is 2.76. The van der Waals surface area contributed by atoms with E-state index in [4.69, 9.17) is 11.5 Å². The lowest BCUT2D eigenvalue weighted by Crippen LogP contribution is -2.40. The fraction of sp³-hybridized carbons (Fsp3) is 0.538. The van der Waals surface area contributed by atoms with Gasteiger partial charge in [-0.15, -0.1) is 12.4 Å². The minimum absolute atomic E-state index is 0. The van der Waals surface area contributed by atoms with E-state index in [1.807, 2.05) is 0 Å². The van der Waals surface area contributed by atoms with E-state index in [-0.39, 0.29) is 24.4 Å². The Kier molecular flexibility index (Phi) is 7.94. The van der Waals surface area contributed by atoms with Crippen molar-refractivity contribution in [3.05, 3.63) is 23.5 Å². The Morgan fingerprint density at radius 3 is 2.55 bits per heavy atom. The maximum absolute atomic E-state index is 12.1. The van der Waals surface area contributed by atoms with Crippen molar-refractivity contribution in [3.8, 4) is 0 Å². The summed E-state index contributed by atoms with van der Waals surface area (Å²) in [5, 5.41) is 2.87. The molecule has 5 N–H and O–H groups in total. The second-order valence-corrected chi connectivity index (χ2v) is 4.64. The Morgan fingerprint density at radius 1 is 1.45 bits per heavy atom. The molecule has 0 fully saturated rings. The van der Waals surface area contributed by atoms with Gasteiger partial charge in [-0.05, 0) is 12.5 Å². The lowest BCUT2D eigenvalue weighted by molar-refractivity contribution is 0.0927. The van der Waals surface area contributed by atoms with Crippen molar-refractivity contribution in [1.29, 1.82) is 0 Å². The van der Waals surface area contributed by atoms with E-state index in [1.54, 1.807) is 17.8 Å². The van der Waals surface area contributed by atoms with Crippen molar-refractivity contribution in [3.63, 3.8) is 0 Å². The van der Waals surface area contributed by atoms with Crippen LogP contribution in [-0.2, 0) is 7.05 Å². The highest BCUT2D eigenvalue weighted by atomic mass is 35.5. The van der Waals surface area contributed by atoms with Gasteiger partial charge >= 0.3 is 0 Å². The molecule has 0 aromatic carbocycles. The number of aromatic nitrogens is 1. The Balaban J connectivity index is 0.00000361. The molecule has 7 heteroatoms. The molecule has 0 aliphatic rings. The number of hydrogen-bond acceptors (Lipinski definition) is 3. The van der Waals surface area contributed by atoms with Crippen LogP contribution in [0.15, 0.2) is 12.3 Å². The molecule has 1 rings (SSSR count). The third-order valence-corrected chi connectivity index (χ3v) is 3.05. The first-order chi connectivity index (χ1) is 8.99.